The molecule has 0 spiro atoms. The predicted octanol–water partition coefficient (Wildman–Crippen LogP) is 0.257. The van der Waals surface area contributed by atoms with Gasteiger partial charge in [0, 0.05) is 18.1 Å². The van der Waals surface area contributed by atoms with Crippen molar-refractivity contribution in [2.24, 2.45) is 0 Å². The zero-order chi connectivity index (χ0) is 10.2. The molecule has 0 bridgehead atoms. The fraction of sp³-hybridized carbons (Fsp3) is 0.615. The number of hydrogen-bond donors (Lipinski definition) is 0. The fourth-order valence-corrected chi connectivity index (χ4v) is 1.69. The fourth-order valence-electron chi connectivity index (χ4n) is 1.69. The van der Waals surface area contributed by atoms with E-state index < -0.39 is 0 Å². The van der Waals surface area contributed by atoms with Crippen LogP contribution < -0.4 is 17.0 Å². The van der Waals surface area contributed by atoms with Crippen LogP contribution in [0.2, 0.25) is 0 Å². The Hall–Kier alpha value is -0.560. The second kappa shape index (κ2) is 8.72. The number of aromatic nitrogens is 1. The van der Waals surface area contributed by atoms with Crippen molar-refractivity contribution >= 4 is 0 Å². The van der Waals surface area contributed by atoms with Crippen molar-refractivity contribution in [1.82, 2.24) is 0 Å². The summed E-state index contributed by atoms with van der Waals surface area (Å²) in [7, 11) is 0. The van der Waals surface area contributed by atoms with Crippen molar-refractivity contribution in [2.45, 2.75) is 52.5 Å². The van der Waals surface area contributed by atoms with Gasteiger partial charge in [-0.25, -0.2) is 4.57 Å². The second-order valence-corrected chi connectivity index (χ2v) is 4.03. The van der Waals surface area contributed by atoms with Crippen LogP contribution in [0.3, 0.4) is 0 Å². The lowest BCUT2D eigenvalue weighted by molar-refractivity contribution is -0.697. The van der Waals surface area contributed by atoms with E-state index in [2.05, 4.69) is 42.9 Å². The quantitative estimate of drug-likeness (QED) is 0.485. The SMILES string of the molecule is CCCCCCC[n+]1cccc(C)c1.[Cl-]. The molecule has 1 aromatic heterocycles. The van der Waals surface area contributed by atoms with E-state index in [1.54, 1.807) is 0 Å². The molecule has 0 aliphatic carbocycles. The Labute approximate surface area is 99.9 Å². The molecule has 2 heteroatoms. The number of pyridine rings is 1. The lowest BCUT2D eigenvalue weighted by atomic mass is 10.1. The molecule has 15 heavy (non-hydrogen) atoms. The third kappa shape index (κ3) is 6.51. The zero-order valence-corrected chi connectivity index (χ0v) is 10.6. The zero-order valence-electron chi connectivity index (χ0n) is 9.88. The van der Waals surface area contributed by atoms with E-state index in [1.807, 2.05) is 0 Å². The molecule has 1 heterocycles. The highest BCUT2D eigenvalue weighted by Gasteiger charge is 1.99. The maximum Gasteiger partial charge on any atom is 0.171 e. The molecule has 1 rings (SSSR count). The molecule has 0 saturated heterocycles. The molecule has 0 unspecified atom stereocenters. The number of halogens is 1. The number of rotatable bonds is 6. The first-order valence-corrected chi connectivity index (χ1v) is 5.78. The first-order chi connectivity index (χ1) is 6.83. The third-order valence-electron chi connectivity index (χ3n) is 2.53. The van der Waals surface area contributed by atoms with E-state index in [9.17, 15) is 0 Å². The van der Waals surface area contributed by atoms with Crippen LogP contribution in [0.1, 0.15) is 44.6 Å². The van der Waals surface area contributed by atoms with Crippen LogP contribution in [0.5, 0.6) is 0 Å². The van der Waals surface area contributed by atoms with Crippen molar-refractivity contribution in [3.8, 4) is 0 Å². The predicted molar refractivity (Wildman–Crippen MR) is 60.1 cm³/mol. The van der Waals surface area contributed by atoms with E-state index >= 15 is 0 Å². The van der Waals surface area contributed by atoms with Crippen LogP contribution in [0, 0.1) is 6.92 Å². The van der Waals surface area contributed by atoms with Gasteiger partial charge in [-0.3, -0.25) is 0 Å². The molecule has 0 aromatic carbocycles. The van der Waals surface area contributed by atoms with Gasteiger partial charge < -0.3 is 12.4 Å². The monoisotopic (exact) mass is 227 g/mol. The second-order valence-electron chi connectivity index (χ2n) is 4.03. The summed E-state index contributed by atoms with van der Waals surface area (Å²) in [6.07, 6.45) is 11.2. The Balaban J connectivity index is 0.00000196. The van der Waals surface area contributed by atoms with Gasteiger partial charge >= 0.3 is 0 Å². The number of unbranched alkanes of at least 4 members (excludes halogenated alkanes) is 4. The van der Waals surface area contributed by atoms with Crippen LogP contribution in [-0.2, 0) is 6.54 Å². The largest absolute Gasteiger partial charge is 1.00 e. The molecular weight excluding hydrogens is 206 g/mol. The Morgan fingerprint density at radius 1 is 1.13 bits per heavy atom. The topological polar surface area (TPSA) is 3.88 Å². The molecule has 0 radical (unpaired) electrons. The van der Waals surface area contributed by atoms with E-state index in [-0.39, 0.29) is 12.4 Å². The lowest BCUT2D eigenvalue weighted by Crippen LogP contribution is -3.00. The van der Waals surface area contributed by atoms with Gasteiger partial charge in [0.05, 0.1) is 0 Å². The highest BCUT2D eigenvalue weighted by atomic mass is 35.5. The van der Waals surface area contributed by atoms with Crippen LogP contribution in [0.4, 0.5) is 0 Å². The van der Waals surface area contributed by atoms with Gasteiger partial charge in [-0.1, -0.05) is 26.2 Å². The van der Waals surface area contributed by atoms with Gasteiger partial charge in [-0.2, -0.15) is 0 Å². The Bertz CT molecular complexity index is 260. The van der Waals surface area contributed by atoms with Crippen LogP contribution in [0.15, 0.2) is 24.5 Å². The summed E-state index contributed by atoms with van der Waals surface area (Å²) in [6, 6.07) is 4.27. The van der Waals surface area contributed by atoms with E-state index in [0.29, 0.717) is 0 Å². The van der Waals surface area contributed by atoms with Crippen LogP contribution in [0.25, 0.3) is 0 Å². The smallest absolute Gasteiger partial charge is 0.171 e. The van der Waals surface area contributed by atoms with Gasteiger partial charge in [0.2, 0.25) is 0 Å². The van der Waals surface area contributed by atoms with Crippen molar-refractivity contribution in [3.63, 3.8) is 0 Å². The Kier molecular flexibility index (Phi) is 8.40. The average molecular weight is 228 g/mol. The third-order valence-corrected chi connectivity index (χ3v) is 2.53. The number of hydrogen-bond acceptors (Lipinski definition) is 0. The van der Waals surface area contributed by atoms with E-state index in [4.69, 9.17) is 0 Å². The highest BCUT2D eigenvalue weighted by Crippen LogP contribution is 2.02. The minimum absolute atomic E-state index is 0. The standard InChI is InChI=1S/C13H22N.ClH/c1-3-4-5-6-7-10-14-11-8-9-13(2)12-14;/h8-9,11-12H,3-7,10H2,1-2H3;1H/q+1;/p-1. The first-order valence-electron chi connectivity index (χ1n) is 5.78. The molecule has 0 fully saturated rings. The molecule has 0 saturated carbocycles. The van der Waals surface area contributed by atoms with Crippen molar-refractivity contribution < 1.29 is 17.0 Å². The summed E-state index contributed by atoms with van der Waals surface area (Å²) in [4.78, 5) is 0. The maximum absolute atomic E-state index is 2.29. The molecular formula is C13H22ClN. The lowest BCUT2D eigenvalue weighted by Gasteiger charge is -1.98. The molecule has 0 aliphatic rings. The van der Waals surface area contributed by atoms with Gasteiger partial charge in [0.1, 0.15) is 6.54 Å². The van der Waals surface area contributed by atoms with Crippen LogP contribution in [-0.4, -0.2) is 0 Å². The number of aryl methyl sites for hydroxylation is 2. The molecule has 0 atom stereocenters. The Morgan fingerprint density at radius 2 is 1.87 bits per heavy atom. The minimum Gasteiger partial charge on any atom is -1.00 e. The van der Waals surface area contributed by atoms with Gasteiger partial charge in [-0.05, 0) is 19.4 Å². The molecule has 0 N–H and O–H groups in total. The first kappa shape index (κ1) is 14.4. The van der Waals surface area contributed by atoms with Gasteiger partial charge in [0.25, 0.3) is 0 Å². The molecule has 1 aromatic rings. The summed E-state index contributed by atoms with van der Waals surface area (Å²) < 4.78 is 2.29. The summed E-state index contributed by atoms with van der Waals surface area (Å²) in [5.41, 5.74) is 1.35. The normalized spacial score (nSPS) is 9.73. The molecule has 86 valence electrons. The average Bonchev–Trinajstić information content (AvgIpc) is 2.18. The summed E-state index contributed by atoms with van der Waals surface area (Å²) in [6.45, 7) is 5.58. The van der Waals surface area contributed by atoms with Gasteiger partial charge in [-0.15, -0.1) is 0 Å². The molecule has 0 aliphatic heterocycles. The summed E-state index contributed by atoms with van der Waals surface area (Å²) in [5.74, 6) is 0. The van der Waals surface area contributed by atoms with E-state index in [1.165, 1.54) is 44.2 Å². The van der Waals surface area contributed by atoms with Gasteiger partial charge in [0.15, 0.2) is 12.4 Å². The summed E-state index contributed by atoms with van der Waals surface area (Å²) >= 11 is 0. The summed E-state index contributed by atoms with van der Waals surface area (Å²) in [5, 5.41) is 0. The van der Waals surface area contributed by atoms with Crippen LogP contribution >= 0.6 is 0 Å². The van der Waals surface area contributed by atoms with Crippen molar-refractivity contribution in [1.29, 1.82) is 0 Å². The Morgan fingerprint density at radius 3 is 2.53 bits per heavy atom. The minimum atomic E-state index is 0. The number of nitrogens with zero attached hydrogens (tertiary/aromatic N) is 1. The van der Waals surface area contributed by atoms with Crippen molar-refractivity contribution in [3.05, 3.63) is 30.1 Å². The molecule has 1 nitrogen and oxygen atoms in total. The highest BCUT2D eigenvalue weighted by molar-refractivity contribution is 5.01. The maximum atomic E-state index is 2.29. The van der Waals surface area contributed by atoms with E-state index in [0.717, 1.165) is 0 Å². The molecule has 0 amide bonds. The van der Waals surface area contributed by atoms with Crippen molar-refractivity contribution in [2.75, 3.05) is 0 Å².